The Morgan fingerprint density at radius 2 is 1.65 bits per heavy atom. The molecule has 0 aliphatic heterocycles. The largest absolute Gasteiger partial charge is 0.294 e. The molecule has 3 aromatic rings. The summed E-state index contributed by atoms with van der Waals surface area (Å²) in [5.41, 5.74) is 3.17. The van der Waals surface area contributed by atoms with Gasteiger partial charge in [-0.25, -0.2) is 9.24 Å². The second kappa shape index (κ2) is 8.46. The van der Waals surface area contributed by atoms with E-state index in [0.29, 0.717) is 17.7 Å². The van der Waals surface area contributed by atoms with E-state index in [1.165, 1.54) is 12.1 Å². The van der Waals surface area contributed by atoms with Crippen molar-refractivity contribution in [2.24, 2.45) is 0 Å². The zero-order valence-electron chi connectivity index (χ0n) is 14.0. The standard InChI is InChI=1S/C22H16FNOS/c1-24-20-11-7-16(8-12-20)13-22(25)18-3-2-4-21(14-18)26-15-17-5-9-19(23)10-6-17/h2-12,14H,13,15H2. The highest BCUT2D eigenvalue weighted by Crippen LogP contribution is 2.24. The monoisotopic (exact) mass is 361 g/mol. The van der Waals surface area contributed by atoms with E-state index >= 15 is 0 Å². The summed E-state index contributed by atoms with van der Waals surface area (Å²) >= 11 is 1.61. The lowest BCUT2D eigenvalue weighted by atomic mass is 10.0. The fourth-order valence-electron chi connectivity index (χ4n) is 2.48. The van der Waals surface area contributed by atoms with Crippen molar-refractivity contribution < 1.29 is 9.18 Å². The van der Waals surface area contributed by atoms with Crippen molar-refractivity contribution in [1.82, 2.24) is 0 Å². The Balaban J connectivity index is 1.64. The molecule has 26 heavy (non-hydrogen) atoms. The molecule has 0 saturated carbocycles. The highest BCUT2D eigenvalue weighted by Gasteiger charge is 2.08. The van der Waals surface area contributed by atoms with E-state index < -0.39 is 0 Å². The Kier molecular flexibility index (Phi) is 5.83. The van der Waals surface area contributed by atoms with Crippen molar-refractivity contribution in [3.8, 4) is 0 Å². The van der Waals surface area contributed by atoms with Crippen molar-refractivity contribution >= 4 is 23.2 Å². The van der Waals surface area contributed by atoms with Gasteiger partial charge in [0.25, 0.3) is 0 Å². The third kappa shape index (κ3) is 4.81. The predicted molar refractivity (Wildman–Crippen MR) is 103 cm³/mol. The number of carbonyl (C=O) groups is 1. The molecule has 0 saturated heterocycles. The summed E-state index contributed by atoms with van der Waals surface area (Å²) in [7, 11) is 0. The van der Waals surface area contributed by atoms with E-state index in [1.807, 2.05) is 36.4 Å². The Morgan fingerprint density at radius 1 is 0.962 bits per heavy atom. The number of rotatable bonds is 6. The highest BCUT2D eigenvalue weighted by molar-refractivity contribution is 7.98. The van der Waals surface area contributed by atoms with Gasteiger partial charge in [-0.2, -0.15) is 0 Å². The lowest BCUT2D eigenvalue weighted by molar-refractivity contribution is 0.0993. The number of Topliss-reactive ketones (excluding diaryl/α,β-unsaturated/α-hetero) is 1. The van der Waals surface area contributed by atoms with Gasteiger partial charge in [0.05, 0.1) is 6.57 Å². The molecule has 0 N–H and O–H groups in total. The average Bonchev–Trinajstić information content (AvgIpc) is 2.68. The number of ketones is 1. The van der Waals surface area contributed by atoms with Gasteiger partial charge in [-0.15, -0.1) is 11.8 Å². The van der Waals surface area contributed by atoms with Crippen LogP contribution in [0.2, 0.25) is 0 Å². The van der Waals surface area contributed by atoms with Crippen molar-refractivity contribution in [3.63, 3.8) is 0 Å². The van der Waals surface area contributed by atoms with E-state index in [1.54, 1.807) is 36.0 Å². The van der Waals surface area contributed by atoms with Crippen LogP contribution in [-0.2, 0) is 12.2 Å². The van der Waals surface area contributed by atoms with Gasteiger partial charge >= 0.3 is 0 Å². The van der Waals surface area contributed by atoms with Crippen LogP contribution in [0.3, 0.4) is 0 Å². The number of hydrogen-bond donors (Lipinski definition) is 0. The van der Waals surface area contributed by atoms with E-state index in [4.69, 9.17) is 6.57 Å². The second-order valence-electron chi connectivity index (χ2n) is 5.82. The Bertz CT molecular complexity index is 943. The summed E-state index contributed by atoms with van der Waals surface area (Å²) in [5, 5.41) is 0. The van der Waals surface area contributed by atoms with Crippen LogP contribution < -0.4 is 0 Å². The van der Waals surface area contributed by atoms with Gasteiger partial charge in [-0.3, -0.25) is 4.79 Å². The van der Waals surface area contributed by atoms with Gasteiger partial charge in [-0.05, 0) is 35.4 Å². The van der Waals surface area contributed by atoms with Gasteiger partial charge in [0.15, 0.2) is 11.5 Å². The number of nitrogens with zero attached hydrogens (tertiary/aromatic N) is 1. The number of hydrogen-bond acceptors (Lipinski definition) is 2. The Labute approximate surface area is 156 Å². The third-order valence-electron chi connectivity index (χ3n) is 3.90. The van der Waals surface area contributed by atoms with Crippen LogP contribution in [0, 0.1) is 12.4 Å². The van der Waals surface area contributed by atoms with E-state index in [2.05, 4.69) is 4.85 Å². The maximum Gasteiger partial charge on any atom is 0.187 e. The molecule has 4 heteroatoms. The topological polar surface area (TPSA) is 21.4 Å². The number of benzene rings is 3. The molecule has 0 fully saturated rings. The molecule has 3 rings (SSSR count). The first kappa shape index (κ1) is 17.9. The van der Waals surface area contributed by atoms with Crippen LogP contribution in [-0.4, -0.2) is 5.78 Å². The van der Waals surface area contributed by atoms with Crippen LogP contribution in [0.15, 0.2) is 77.7 Å². The van der Waals surface area contributed by atoms with E-state index in [9.17, 15) is 9.18 Å². The van der Waals surface area contributed by atoms with Crippen LogP contribution in [0.5, 0.6) is 0 Å². The maximum absolute atomic E-state index is 13.0. The molecule has 3 aromatic carbocycles. The SMILES string of the molecule is [C-]#[N+]c1ccc(CC(=O)c2cccc(SCc3ccc(F)cc3)c2)cc1. The smallest absolute Gasteiger partial charge is 0.187 e. The molecule has 0 bridgehead atoms. The lowest BCUT2D eigenvalue weighted by Gasteiger charge is -2.06. The lowest BCUT2D eigenvalue weighted by Crippen LogP contribution is -2.03. The van der Waals surface area contributed by atoms with Gasteiger partial charge < -0.3 is 0 Å². The number of halogens is 1. The molecule has 0 aliphatic rings. The highest BCUT2D eigenvalue weighted by atomic mass is 32.2. The zero-order chi connectivity index (χ0) is 18.4. The molecular weight excluding hydrogens is 345 g/mol. The first-order chi connectivity index (χ1) is 12.6. The molecule has 0 spiro atoms. The molecule has 0 unspecified atom stereocenters. The molecule has 0 aromatic heterocycles. The molecule has 0 amide bonds. The minimum atomic E-state index is -0.240. The third-order valence-corrected chi connectivity index (χ3v) is 4.97. The second-order valence-corrected chi connectivity index (χ2v) is 6.87. The minimum absolute atomic E-state index is 0.0461. The zero-order valence-corrected chi connectivity index (χ0v) is 14.8. The summed E-state index contributed by atoms with van der Waals surface area (Å²) < 4.78 is 13.0. The van der Waals surface area contributed by atoms with Gasteiger partial charge in [0.2, 0.25) is 0 Å². The van der Waals surface area contributed by atoms with Crippen molar-refractivity contribution in [2.45, 2.75) is 17.1 Å². The summed E-state index contributed by atoms with van der Waals surface area (Å²) in [5.74, 6) is 0.524. The fourth-order valence-corrected chi connectivity index (χ4v) is 3.39. The normalized spacial score (nSPS) is 10.3. The van der Waals surface area contributed by atoms with Crippen LogP contribution >= 0.6 is 11.8 Å². The molecule has 2 nitrogen and oxygen atoms in total. The molecule has 0 aliphatic carbocycles. The molecule has 128 valence electrons. The summed E-state index contributed by atoms with van der Waals surface area (Å²) in [6.45, 7) is 6.96. The van der Waals surface area contributed by atoms with E-state index in [-0.39, 0.29) is 11.6 Å². The average molecular weight is 361 g/mol. The maximum atomic E-state index is 13.0. The number of thioether (sulfide) groups is 1. The van der Waals surface area contributed by atoms with Crippen LogP contribution in [0.1, 0.15) is 21.5 Å². The first-order valence-corrected chi connectivity index (χ1v) is 9.09. The van der Waals surface area contributed by atoms with Crippen LogP contribution in [0.25, 0.3) is 4.85 Å². The predicted octanol–water partition coefficient (Wildman–Crippen LogP) is 6.09. The summed E-state index contributed by atoms with van der Waals surface area (Å²) in [6, 6.07) is 21.1. The molecular formula is C22H16FNOS. The number of carbonyl (C=O) groups excluding carboxylic acids is 1. The molecule has 0 atom stereocenters. The van der Waals surface area contributed by atoms with Crippen molar-refractivity contribution in [3.05, 3.63) is 107 Å². The van der Waals surface area contributed by atoms with Crippen molar-refractivity contribution in [1.29, 1.82) is 0 Å². The summed E-state index contributed by atoms with van der Waals surface area (Å²) in [6.07, 6.45) is 0.310. The van der Waals surface area contributed by atoms with Gasteiger partial charge in [-0.1, -0.05) is 48.5 Å². The Morgan fingerprint density at radius 3 is 2.35 bits per heavy atom. The summed E-state index contributed by atoms with van der Waals surface area (Å²) in [4.78, 5) is 16.9. The van der Waals surface area contributed by atoms with E-state index in [0.717, 1.165) is 21.8 Å². The van der Waals surface area contributed by atoms with Crippen LogP contribution in [0.4, 0.5) is 10.1 Å². The Hall–Kier alpha value is -2.90. The quantitative estimate of drug-likeness (QED) is 0.301. The molecule has 0 heterocycles. The minimum Gasteiger partial charge on any atom is -0.294 e. The van der Waals surface area contributed by atoms with Crippen molar-refractivity contribution in [2.75, 3.05) is 0 Å². The fraction of sp³-hybridized carbons (Fsp3) is 0.0909. The van der Waals surface area contributed by atoms with Gasteiger partial charge in [0.1, 0.15) is 5.82 Å². The first-order valence-electron chi connectivity index (χ1n) is 8.11. The van der Waals surface area contributed by atoms with Gasteiger partial charge in [0, 0.05) is 22.6 Å². The molecule has 0 radical (unpaired) electrons.